The SMILES string of the molecule is N#Cc1c(C(Cl)(Cl)Cl)[nH]c(=O)n2c1nc1ccccc12. The van der Waals surface area contributed by atoms with E-state index in [-0.39, 0.29) is 16.9 Å². The number of benzene rings is 1. The zero-order valence-corrected chi connectivity index (χ0v) is 12.0. The van der Waals surface area contributed by atoms with E-state index in [1.54, 1.807) is 24.3 Å². The summed E-state index contributed by atoms with van der Waals surface area (Å²) in [5.74, 6) is 0. The first kappa shape index (κ1) is 13.3. The molecule has 3 rings (SSSR count). The van der Waals surface area contributed by atoms with Crippen molar-refractivity contribution in [1.29, 1.82) is 5.26 Å². The average molecular weight is 328 g/mol. The Morgan fingerprint density at radius 3 is 2.65 bits per heavy atom. The number of aromatic amines is 1. The highest BCUT2D eigenvalue weighted by atomic mass is 35.6. The Hall–Kier alpha value is -1.74. The van der Waals surface area contributed by atoms with Crippen LogP contribution in [0.3, 0.4) is 0 Å². The van der Waals surface area contributed by atoms with E-state index in [1.165, 1.54) is 4.40 Å². The van der Waals surface area contributed by atoms with Crippen molar-refractivity contribution in [3.05, 3.63) is 46.0 Å². The predicted octanol–water partition coefficient (Wildman–Crippen LogP) is 2.87. The monoisotopic (exact) mass is 326 g/mol. The lowest BCUT2D eigenvalue weighted by Gasteiger charge is -2.12. The number of aromatic nitrogens is 3. The normalized spacial score (nSPS) is 11.9. The predicted molar refractivity (Wildman–Crippen MR) is 77.3 cm³/mol. The fourth-order valence-electron chi connectivity index (χ4n) is 2.05. The molecule has 5 nitrogen and oxygen atoms in total. The highest BCUT2D eigenvalue weighted by Crippen LogP contribution is 2.39. The van der Waals surface area contributed by atoms with Crippen LogP contribution < -0.4 is 5.69 Å². The average Bonchev–Trinajstić information content (AvgIpc) is 2.77. The summed E-state index contributed by atoms with van der Waals surface area (Å²) >= 11 is 17.4. The van der Waals surface area contributed by atoms with Gasteiger partial charge >= 0.3 is 5.69 Å². The number of para-hydroxylation sites is 2. The smallest absolute Gasteiger partial charge is 0.305 e. The third-order valence-electron chi connectivity index (χ3n) is 2.86. The topological polar surface area (TPSA) is 74.0 Å². The molecule has 0 radical (unpaired) electrons. The number of nitrogens with zero attached hydrogens (tertiary/aromatic N) is 3. The molecule has 0 bridgehead atoms. The molecule has 8 heteroatoms. The van der Waals surface area contributed by atoms with Gasteiger partial charge in [0.05, 0.1) is 16.7 Å². The lowest BCUT2D eigenvalue weighted by atomic mass is 10.2. The highest BCUT2D eigenvalue weighted by molar-refractivity contribution is 6.66. The number of fused-ring (bicyclic) bond motifs is 3. The molecule has 1 aromatic carbocycles. The van der Waals surface area contributed by atoms with Gasteiger partial charge in [-0.3, -0.25) is 0 Å². The molecule has 0 saturated carbocycles. The summed E-state index contributed by atoms with van der Waals surface area (Å²) < 4.78 is -0.627. The van der Waals surface area contributed by atoms with Crippen LogP contribution in [0.2, 0.25) is 0 Å². The summed E-state index contributed by atoms with van der Waals surface area (Å²) in [6.45, 7) is 0. The van der Waals surface area contributed by atoms with E-state index in [4.69, 9.17) is 34.8 Å². The summed E-state index contributed by atoms with van der Waals surface area (Å²) in [6, 6.07) is 8.93. The summed E-state index contributed by atoms with van der Waals surface area (Å²) in [7, 11) is 0. The van der Waals surface area contributed by atoms with Gasteiger partial charge in [0.1, 0.15) is 11.6 Å². The van der Waals surface area contributed by atoms with E-state index >= 15 is 0 Å². The molecule has 100 valence electrons. The maximum Gasteiger partial charge on any atom is 0.332 e. The molecular weight excluding hydrogens is 323 g/mol. The van der Waals surface area contributed by atoms with Gasteiger partial charge in [0.2, 0.25) is 3.79 Å². The second kappa shape index (κ2) is 4.38. The van der Waals surface area contributed by atoms with Gasteiger partial charge < -0.3 is 4.98 Å². The molecule has 0 fully saturated rings. The Morgan fingerprint density at radius 2 is 2.00 bits per heavy atom. The second-order valence-electron chi connectivity index (χ2n) is 4.05. The molecule has 3 aromatic rings. The molecule has 0 saturated heterocycles. The Labute approximate surface area is 127 Å². The van der Waals surface area contributed by atoms with Crippen molar-refractivity contribution in [3.8, 4) is 6.07 Å². The fraction of sp³-hybridized carbons (Fsp3) is 0.0833. The number of H-pyrrole nitrogens is 1. The van der Waals surface area contributed by atoms with E-state index in [0.29, 0.717) is 11.0 Å². The minimum Gasteiger partial charge on any atom is -0.305 e. The minimum atomic E-state index is -1.91. The molecule has 0 spiro atoms. The standard InChI is InChI=1S/C12H5Cl3N4O/c13-12(14,15)9-6(5-16)10-17-7-3-1-2-4-8(7)19(10)11(20)18-9/h1-4H,(H,18,20). The zero-order valence-electron chi connectivity index (χ0n) is 9.69. The van der Waals surface area contributed by atoms with Crippen LogP contribution in [0.4, 0.5) is 0 Å². The van der Waals surface area contributed by atoms with Crippen molar-refractivity contribution in [3.63, 3.8) is 0 Å². The Morgan fingerprint density at radius 1 is 1.30 bits per heavy atom. The van der Waals surface area contributed by atoms with Gasteiger partial charge in [0, 0.05) is 0 Å². The Bertz CT molecular complexity index is 930. The zero-order chi connectivity index (χ0) is 14.5. The van der Waals surface area contributed by atoms with Gasteiger partial charge in [-0.1, -0.05) is 46.9 Å². The fourth-order valence-corrected chi connectivity index (χ4v) is 2.48. The summed E-state index contributed by atoms with van der Waals surface area (Å²) in [5, 5.41) is 9.29. The molecule has 0 aliphatic rings. The molecule has 0 aliphatic heterocycles. The third kappa shape index (κ3) is 1.85. The third-order valence-corrected chi connectivity index (χ3v) is 3.43. The number of hydrogen-bond acceptors (Lipinski definition) is 3. The second-order valence-corrected chi connectivity index (χ2v) is 6.33. The van der Waals surface area contributed by atoms with Crippen molar-refractivity contribution in [2.45, 2.75) is 3.79 Å². The van der Waals surface area contributed by atoms with Crippen LogP contribution in [0.5, 0.6) is 0 Å². The van der Waals surface area contributed by atoms with E-state index in [0.717, 1.165) is 0 Å². The van der Waals surface area contributed by atoms with Gasteiger partial charge in [-0.05, 0) is 12.1 Å². The number of hydrogen-bond donors (Lipinski definition) is 1. The van der Waals surface area contributed by atoms with Crippen LogP contribution in [0, 0.1) is 11.3 Å². The van der Waals surface area contributed by atoms with Crippen LogP contribution in [0.25, 0.3) is 16.7 Å². The first-order valence-electron chi connectivity index (χ1n) is 5.44. The number of nitrogens with one attached hydrogen (secondary N) is 1. The number of alkyl halides is 3. The molecular formula is C12H5Cl3N4O. The van der Waals surface area contributed by atoms with Gasteiger partial charge in [0.25, 0.3) is 0 Å². The van der Waals surface area contributed by atoms with E-state index in [2.05, 4.69) is 9.97 Å². The van der Waals surface area contributed by atoms with Crippen LogP contribution in [0.1, 0.15) is 11.3 Å². The number of nitriles is 1. The lowest BCUT2D eigenvalue weighted by molar-refractivity contribution is 0.947. The van der Waals surface area contributed by atoms with Gasteiger partial charge in [-0.15, -0.1) is 0 Å². The quantitative estimate of drug-likeness (QED) is 0.645. The van der Waals surface area contributed by atoms with Crippen LogP contribution in [-0.4, -0.2) is 14.4 Å². The van der Waals surface area contributed by atoms with Crippen LogP contribution >= 0.6 is 34.8 Å². The van der Waals surface area contributed by atoms with E-state index in [1.807, 2.05) is 6.07 Å². The molecule has 2 heterocycles. The lowest BCUT2D eigenvalue weighted by Crippen LogP contribution is -2.23. The van der Waals surface area contributed by atoms with Crippen molar-refractivity contribution in [2.75, 3.05) is 0 Å². The molecule has 1 N–H and O–H groups in total. The van der Waals surface area contributed by atoms with E-state index in [9.17, 15) is 10.1 Å². The number of halogens is 3. The summed E-state index contributed by atoms with van der Waals surface area (Å²) in [4.78, 5) is 18.9. The molecule has 2 aromatic heterocycles. The molecule has 0 amide bonds. The minimum absolute atomic E-state index is 0.0285. The highest BCUT2D eigenvalue weighted by Gasteiger charge is 2.30. The molecule has 20 heavy (non-hydrogen) atoms. The van der Waals surface area contributed by atoms with Gasteiger partial charge in [0.15, 0.2) is 5.65 Å². The summed E-state index contributed by atoms with van der Waals surface area (Å²) in [5.41, 5.74) is 0.749. The van der Waals surface area contributed by atoms with Gasteiger partial charge in [-0.25, -0.2) is 14.2 Å². The van der Waals surface area contributed by atoms with Crippen molar-refractivity contribution < 1.29 is 0 Å². The van der Waals surface area contributed by atoms with E-state index < -0.39 is 9.48 Å². The number of imidazole rings is 1. The van der Waals surface area contributed by atoms with Gasteiger partial charge in [-0.2, -0.15) is 5.26 Å². The Kier molecular flexibility index (Phi) is 2.91. The number of rotatable bonds is 0. The molecule has 0 aliphatic carbocycles. The summed E-state index contributed by atoms with van der Waals surface area (Å²) in [6.07, 6.45) is 0. The maximum absolute atomic E-state index is 12.2. The van der Waals surface area contributed by atoms with Crippen molar-refractivity contribution in [1.82, 2.24) is 14.4 Å². The van der Waals surface area contributed by atoms with Crippen LogP contribution in [0.15, 0.2) is 29.1 Å². The maximum atomic E-state index is 12.2. The van der Waals surface area contributed by atoms with Crippen molar-refractivity contribution >= 4 is 51.5 Å². The molecule has 0 unspecified atom stereocenters. The van der Waals surface area contributed by atoms with Crippen LogP contribution in [-0.2, 0) is 3.79 Å². The first-order valence-corrected chi connectivity index (χ1v) is 6.57. The molecule has 0 atom stereocenters. The largest absolute Gasteiger partial charge is 0.332 e. The van der Waals surface area contributed by atoms with Crippen molar-refractivity contribution in [2.24, 2.45) is 0 Å². The Balaban J connectivity index is 2.60. The first-order chi connectivity index (χ1) is 9.43.